The molecule has 1 aliphatic carbocycles. The van der Waals surface area contributed by atoms with Gasteiger partial charge in [-0.3, -0.25) is 0 Å². The normalized spacial score (nSPS) is 13.4. The highest BCUT2D eigenvalue weighted by Gasteiger charge is 2.57. The largest absolute Gasteiger partial charge is 0.302 e. The average molecular weight is 672 g/mol. The van der Waals surface area contributed by atoms with Gasteiger partial charge in [0.2, 0.25) is 0 Å². The molecule has 4 aromatic rings. The van der Waals surface area contributed by atoms with Crippen molar-refractivity contribution in [2.75, 3.05) is 0 Å². The molecule has 0 N–H and O–H groups in total. The molecule has 5 rings (SSSR count). The van der Waals surface area contributed by atoms with Crippen molar-refractivity contribution in [2.45, 2.75) is 5.92 Å². The molecule has 0 radical (unpaired) electrons. The molecule has 0 aliphatic heterocycles. The zero-order chi connectivity index (χ0) is 33.9. The molecule has 0 nitrogen and oxygen atoms in total. The highest BCUT2D eigenvalue weighted by molar-refractivity contribution is 6.96. The molecule has 0 saturated heterocycles. The second-order valence-corrected chi connectivity index (χ2v) is 9.09. The van der Waals surface area contributed by atoms with Crippen LogP contribution in [0, 0.1) is 98.9 Å². The summed E-state index contributed by atoms with van der Waals surface area (Å²) in [6.07, 6.45) is 0. The molecular weight excluding hydrogens is 672 g/mol. The zero-order valence-corrected chi connectivity index (χ0v) is 20.3. The van der Waals surface area contributed by atoms with Gasteiger partial charge in [-0.1, -0.05) is 0 Å². The van der Waals surface area contributed by atoms with Crippen molar-refractivity contribution in [1.82, 2.24) is 0 Å². The highest BCUT2D eigenvalue weighted by Crippen LogP contribution is 2.54. The summed E-state index contributed by atoms with van der Waals surface area (Å²) in [6.45, 7) is -4.34. The quantitative estimate of drug-likeness (QED) is 0.0987. The second kappa shape index (κ2) is 10.1. The molecule has 236 valence electrons. The number of hydrogen-bond acceptors (Lipinski definition) is 0. The Morgan fingerprint density at radius 1 is 0.267 bits per heavy atom. The van der Waals surface area contributed by atoms with Crippen molar-refractivity contribution < 1.29 is 83.4 Å². The summed E-state index contributed by atoms with van der Waals surface area (Å²) in [4.78, 5) is 0. The smallest absolute Gasteiger partial charge is 0.204 e. The van der Waals surface area contributed by atoms with E-state index in [0.29, 0.717) is 0 Å². The predicted octanol–water partition coefficient (Wildman–Crippen LogP) is 6.69. The maximum absolute atomic E-state index is 15.7. The number of benzene rings is 4. The van der Waals surface area contributed by atoms with E-state index in [0.717, 1.165) is 0 Å². The topological polar surface area (TPSA) is 0 Å². The van der Waals surface area contributed by atoms with Gasteiger partial charge in [0.1, 0.15) is 0 Å². The molecule has 0 fully saturated rings. The van der Waals surface area contributed by atoms with Crippen molar-refractivity contribution in [3.63, 3.8) is 0 Å². The summed E-state index contributed by atoms with van der Waals surface area (Å²) < 4.78 is 278. The maximum atomic E-state index is 15.7. The van der Waals surface area contributed by atoms with Gasteiger partial charge in [0.15, 0.2) is 98.9 Å². The average Bonchev–Trinajstić information content (AvgIpc) is 3.24. The van der Waals surface area contributed by atoms with E-state index in [1.54, 1.807) is 0 Å². The fourth-order valence-electron chi connectivity index (χ4n) is 4.98. The molecule has 0 atom stereocenters. The van der Waals surface area contributed by atoms with Crippen molar-refractivity contribution in [3.8, 4) is 11.1 Å². The Morgan fingerprint density at radius 3 is 0.889 bits per heavy atom. The minimum atomic E-state index is -5.80. The minimum absolute atomic E-state index is 2.47. The Kier molecular flexibility index (Phi) is 7.16. The fourth-order valence-corrected chi connectivity index (χ4v) is 4.98. The van der Waals surface area contributed by atoms with Gasteiger partial charge >= 0.3 is 5.92 Å². The molecule has 0 spiro atoms. The molecule has 4 aromatic carbocycles. The number of alkyl halides is 2. The molecule has 0 bridgehead atoms. The Morgan fingerprint density at radius 2 is 0.511 bits per heavy atom. The standard InChI is InChI=1S/C25BF19/c27-8-1-2-4(10(29)18(37)17(36)9(2)28)25(44,45)3(1)5(11(30)16(8)35)26(6-12(31)19(38)23(42)20(39)13(6)32)7-14(33)21(40)24(43)22(41)15(7)34. The van der Waals surface area contributed by atoms with Crippen LogP contribution in [-0.4, -0.2) is 6.71 Å². The summed E-state index contributed by atoms with van der Waals surface area (Å²) in [5, 5.41) is 0. The lowest BCUT2D eigenvalue weighted by molar-refractivity contribution is 0.0435. The SMILES string of the molecule is Fc1c(F)c(F)c(B(c2c(F)c(F)c(F)c(F)c2F)c2c(F)c(F)c(F)c3c2C(F)(F)c2c(F)c(F)c(F)c(F)c2-3)c(F)c1F. The van der Waals surface area contributed by atoms with Crippen LogP contribution < -0.4 is 16.4 Å². The number of rotatable bonds is 3. The first-order chi connectivity index (χ1) is 20.7. The van der Waals surface area contributed by atoms with Crippen molar-refractivity contribution in [3.05, 3.63) is 110 Å². The Balaban J connectivity index is 2.13. The van der Waals surface area contributed by atoms with Crippen molar-refractivity contribution in [2.24, 2.45) is 0 Å². The van der Waals surface area contributed by atoms with Gasteiger partial charge in [0, 0.05) is 27.6 Å². The Hall–Kier alpha value is -4.39. The molecule has 1 aliphatic rings. The summed E-state index contributed by atoms with van der Waals surface area (Å²) in [5.74, 6) is -59.7. The van der Waals surface area contributed by atoms with Gasteiger partial charge < -0.3 is 0 Å². The first kappa shape index (κ1) is 32.0. The first-order valence-electron chi connectivity index (χ1n) is 11.2. The lowest BCUT2D eigenvalue weighted by Gasteiger charge is -2.25. The fraction of sp³-hybridized carbons (Fsp3) is 0.0400. The van der Waals surface area contributed by atoms with Crippen molar-refractivity contribution >= 4 is 23.1 Å². The van der Waals surface area contributed by atoms with Crippen LogP contribution in [0.1, 0.15) is 11.1 Å². The molecule has 0 amide bonds. The van der Waals surface area contributed by atoms with E-state index in [9.17, 15) is 70.2 Å². The molecule has 0 heterocycles. The van der Waals surface area contributed by atoms with E-state index in [1.807, 2.05) is 0 Å². The molecule has 45 heavy (non-hydrogen) atoms. The zero-order valence-electron chi connectivity index (χ0n) is 20.3. The van der Waals surface area contributed by atoms with E-state index in [4.69, 9.17) is 0 Å². The maximum Gasteiger partial charge on any atom is 0.302 e. The van der Waals surface area contributed by atoms with Gasteiger partial charge in [-0.25, -0.2) is 74.6 Å². The third-order valence-electron chi connectivity index (χ3n) is 6.86. The number of hydrogen-bond donors (Lipinski definition) is 0. The number of fused-ring (bicyclic) bond motifs is 3. The lowest BCUT2D eigenvalue weighted by Crippen LogP contribution is -2.61. The Bertz CT molecular complexity index is 1890. The van der Waals surface area contributed by atoms with E-state index in [-0.39, 0.29) is 0 Å². The molecule has 20 heteroatoms. The number of halogens is 19. The van der Waals surface area contributed by atoms with Crippen LogP contribution in [-0.2, 0) is 5.92 Å². The molecule has 0 saturated carbocycles. The predicted molar refractivity (Wildman–Crippen MR) is 112 cm³/mol. The van der Waals surface area contributed by atoms with Gasteiger partial charge in [-0.15, -0.1) is 0 Å². The van der Waals surface area contributed by atoms with E-state index >= 15 is 13.2 Å². The first-order valence-corrected chi connectivity index (χ1v) is 11.2. The van der Waals surface area contributed by atoms with Gasteiger partial charge in [0.25, 0.3) is 6.71 Å². The van der Waals surface area contributed by atoms with Crippen LogP contribution in [0.2, 0.25) is 0 Å². The second-order valence-electron chi connectivity index (χ2n) is 9.09. The third kappa shape index (κ3) is 3.92. The van der Waals surface area contributed by atoms with Crippen LogP contribution in [0.4, 0.5) is 83.4 Å². The monoisotopic (exact) mass is 672 g/mol. The summed E-state index contributed by atoms with van der Waals surface area (Å²) in [6, 6.07) is 0. The van der Waals surface area contributed by atoms with Crippen molar-refractivity contribution in [1.29, 1.82) is 0 Å². The summed E-state index contributed by atoms with van der Waals surface area (Å²) in [7, 11) is 0. The van der Waals surface area contributed by atoms with Crippen LogP contribution in [0.3, 0.4) is 0 Å². The molecule has 0 unspecified atom stereocenters. The van der Waals surface area contributed by atoms with Crippen LogP contribution >= 0.6 is 0 Å². The third-order valence-corrected chi connectivity index (χ3v) is 6.86. The Labute approximate surface area is 234 Å². The van der Waals surface area contributed by atoms with Gasteiger partial charge in [-0.2, -0.15) is 8.78 Å². The van der Waals surface area contributed by atoms with Crippen LogP contribution in [0.5, 0.6) is 0 Å². The summed E-state index contributed by atoms with van der Waals surface area (Å²) >= 11 is 0. The van der Waals surface area contributed by atoms with E-state index in [2.05, 4.69) is 0 Å². The van der Waals surface area contributed by atoms with Crippen LogP contribution in [0.25, 0.3) is 11.1 Å². The van der Waals surface area contributed by atoms with Gasteiger partial charge in [-0.05, 0) is 5.46 Å². The van der Waals surface area contributed by atoms with E-state index in [1.165, 1.54) is 0 Å². The van der Waals surface area contributed by atoms with E-state index < -0.39 is 150 Å². The molecular formula is C25BF19. The minimum Gasteiger partial charge on any atom is -0.204 e. The molecule has 0 aromatic heterocycles. The lowest BCUT2D eigenvalue weighted by atomic mass is 9.35. The summed E-state index contributed by atoms with van der Waals surface area (Å²) in [5.41, 5.74) is -19.6. The van der Waals surface area contributed by atoms with Gasteiger partial charge in [0.05, 0.1) is 5.56 Å². The highest BCUT2D eigenvalue weighted by atomic mass is 19.3. The van der Waals surface area contributed by atoms with Crippen LogP contribution in [0.15, 0.2) is 0 Å².